The van der Waals surface area contributed by atoms with Crippen LogP contribution in [0.5, 0.6) is 0 Å². The number of nitrogens with zero attached hydrogens (tertiary/aromatic N) is 2. The second-order valence-corrected chi connectivity index (χ2v) is 14.2. The molecule has 0 bridgehead atoms. The van der Waals surface area contributed by atoms with E-state index in [1.54, 1.807) is 38.3 Å². The number of carbonyl (C=O) groups is 4. The Morgan fingerprint density at radius 1 is 1.09 bits per heavy atom. The molecule has 13 heteroatoms. The van der Waals surface area contributed by atoms with Crippen molar-refractivity contribution in [2.75, 3.05) is 23.1 Å². The lowest BCUT2D eigenvalue weighted by molar-refractivity contribution is -0.154. The van der Waals surface area contributed by atoms with E-state index in [2.05, 4.69) is 15.6 Å². The average Bonchev–Trinajstić information content (AvgIpc) is 3.49. The first-order chi connectivity index (χ1) is 22.1. The number of amides is 3. The molecule has 1 saturated heterocycles. The largest absolute Gasteiger partial charge is 0.448 e. The van der Waals surface area contributed by atoms with Gasteiger partial charge in [0, 0.05) is 16.9 Å². The zero-order valence-electron chi connectivity index (χ0n) is 25.7. The summed E-state index contributed by atoms with van der Waals surface area (Å²) in [6.45, 7) is 5.28. The van der Waals surface area contributed by atoms with Gasteiger partial charge in [-0.15, -0.1) is 23.1 Å². The molecule has 2 aliphatic rings. The molecule has 1 fully saturated rings. The van der Waals surface area contributed by atoms with Crippen LogP contribution in [0.3, 0.4) is 0 Å². The van der Waals surface area contributed by atoms with Crippen LogP contribution in [0.15, 0.2) is 83.9 Å². The molecule has 2 aromatic carbocycles. The molecule has 3 amide bonds. The Morgan fingerprint density at radius 3 is 2.35 bits per heavy atom. The number of fused-ring (bicyclic) bond motifs is 1. The van der Waals surface area contributed by atoms with Crippen molar-refractivity contribution in [3.05, 3.63) is 101 Å². The van der Waals surface area contributed by atoms with Crippen LogP contribution in [0.4, 0.5) is 9.93 Å². The predicted molar refractivity (Wildman–Crippen MR) is 182 cm³/mol. The van der Waals surface area contributed by atoms with Gasteiger partial charge < -0.3 is 14.8 Å². The number of hydrogen-bond donors (Lipinski definition) is 2. The van der Waals surface area contributed by atoms with Gasteiger partial charge in [-0.05, 0) is 44.2 Å². The number of thiazole rings is 1. The molecule has 2 atom stereocenters. The van der Waals surface area contributed by atoms with Crippen molar-refractivity contribution in [1.29, 1.82) is 0 Å². The van der Waals surface area contributed by atoms with Crippen LogP contribution >= 0.6 is 34.9 Å². The molecule has 240 valence electrons. The van der Waals surface area contributed by atoms with Crippen LogP contribution < -0.4 is 10.6 Å². The molecule has 0 radical (unpaired) electrons. The Morgan fingerprint density at radius 2 is 1.74 bits per heavy atom. The first kappa shape index (κ1) is 33.3. The summed E-state index contributed by atoms with van der Waals surface area (Å²) in [6.07, 6.45) is 4.01. The number of aromatic nitrogens is 1. The molecule has 3 heterocycles. The molecule has 2 N–H and O–H groups in total. The summed E-state index contributed by atoms with van der Waals surface area (Å²) in [4.78, 5) is 58.5. The summed E-state index contributed by atoms with van der Waals surface area (Å²) in [6, 6.07) is 18.0. The molecule has 5 rings (SSSR count). The second-order valence-electron chi connectivity index (χ2n) is 11.3. The third kappa shape index (κ3) is 7.83. The third-order valence-electron chi connectivity index (χ3n) is 6.86. The number of carbonyl (C=O) groups excluding carboxylic acids is 4. The van der Waals surface area contributed by atoms with Gasteiger partial charge in [0.15, 0.2) is 11.2 Å². The minimum Gasteiger partial charge on any atom is -0.448 e. The Bertz CT molecular complexity index is 1610. The van der Waals surface area contributed by atoms with Crippen molar-refractivity contribution >= 4 is 69.4 Å². The smallest absolute Gasteiger partial charge is 0.413 e. The van der Waals surface area contributed by atoms with E-state index >= 15 is 0 Å². The minimum atomic E-state index is -0.844. The number of thioether (sulfide) groups is 2. The molecule has 2 aliphatic heterocycles. The number of hydrogen-bond acceptors (Lipinski definition) is 10. The number of nitrogens with one attached hydrogen (secondary N) is 2. The Balaban J connectivity index is 1.27. The van der Waals surface area contributed by atoms with Gasteiger partial charge in [0.05, 0.1) is 11.3 Å². The Kier molecular flexibility index (Phi) is 10.5. The molecule has 0 aliphatic carbocycles. The van der Waals surface area contributed by atoms with E-state index in [1.165, 1.54) is 28.4 Å². The van der Waals surface area contributed by atoms with E-state index in [0.29, 0.717) is 17.2 Å². The van der Waals surface area contributed by atoms with Crippen LogP contribution in [0.25, 0.3) is 5.57 Å². The van der Waals surface area contributed by atoms with Crippen LogP contribution in [-0.2, 0) is 23.9 Å². The fraction of sp³-hybridized carbons (Fsp3) is 0.303. The summed E-state index contributed by atoms with van der Waals surface area (Å²) in [5.41, 5.74) is 1.73. The third-order valence-corrected chi connectivity index (χ3v) is 9.30. The predicted octanol–water partition coefficient (Wildman–Crippen LogP) is 5.85. The summed E-state index contributed by atoms with van der Waals surface area (Å²) in [5, 5.41) is 6.91. The van der Waals surface area contributed by atoms with E-state index in [0.717, 1.165) is 22.5 Å². The van der Waals surface area contributed by atoms with E-state index < -0.39 is 47.0 Å². The van der Waals surface area contributed by atoms with E-state index in [1.807, 2.05) is 66.9 Å². The van der Waals surface area contributed by atoms with Gasteiger partial charge in [-0.3, -0.25) is 19.8 Å². The van der Waals surface area contributed by atoms with Gasteiger partial charge in [-0.1, -0.05) is 66.7 Å². The molecule has 0 saturated carbocycles. The zero-order chi connectivity index (χ0) is 32.8. The highest BCUT2D eigenvalue weighted by Crippen LogP contribution is 2.39. The number of rotatable bonds is 10. The maximum absolute atomic E-state index is 13.5. The molecule has 0 spiro atoms. The van der Waals surface area contributed by atoms with Crippen molar-refractivity contribution in [1.82, 2.24) is 15.2 Å². The van der Waals surface area contributed by atoms with Crippen molar-refractivity contribution < 1.29 is 28.7 Å². The standard InChI is InChI=1S/C33H34N4O6S3/c1-33(2,3)43-32(41)36-31-34-23(19-46-31)22(15-17-44-4)27(38)35-25-28(39)37-24(16-18-45-29(25)37)30(40)42-26(20-11-7-5-8-12-20)21-13-9-6-10-14-21/h5-16,19,25-26,29H,17-18H2,1-4H3,(H,35,38)(H,34,36,41)/b22-15-. The monoisotopic (exact) mass is 678 g/mol. The number of ether oxygens (including phenoxy) is 2. The summed E-state index contributed by atoms with van der Waals surface area (Å²) in [5.74, 6) is -0.503. The van der Waals surface area contributed by atoms with Crippen molar-refractivity contribution in [2.45, 2.75) is 43.9 Å². The maximum Gasteiger partial charge on any atom is 0.413 e. The van der Waals surface area contributed by atoms with Gasteiger partial charge in [-0.2, -0.15) is 11.8 Å². The number of anilines is 1. The number of esters is 1. The lowest BCUT2D eigenvalue weighted by Gasteiger charge is -2.48. The molecule has 2 unspecified atom stereocenters. The maximum atomic E-state index is 13.5. The van der Waals surface area contributed by atoms with Crippen LogP contribution in [0, 0.1) is 0 Å². The molecule has 46 heavy (non-hydrogen) atoms. The highest BCUT2D eigenvalue weighted by molar-refractivity contribution is 8.00. The van der Waals surface area contributed by atoms with Gasteiger partial charge >= 0.3 is 12.1 Å². The first-order valence-corrected chi connectivity index (χ1v) is 17.8. The molecular weight excluding hydrogens is 645 g/mol. The van der Waals surface area contributed by atoms with E-state index in [4.69, 9.17) is 9.47 Å². The second kappa shape index (κ2) is 14.6. The molecular formula is C33H34N4O6S3. The quantitative estimate of drug-likeness (QED) is 0.154. The first-order valence-electron chi connectivity index (χ1n) is 14.5. The molecule has 1 aromatic heterocycles. The highest BCUT2D eigenvalue weighted by atomic mass is 32.2. The number of benzene rings is 2. The Hall–Kier alpha value is -4.07. The topological polar surface area (TPSA) is 127 Å². The minimum absolute atomic E-state index is 0.159. The van der Waals surface area contributed by atoms with E-state index in [-0.39, 0.29) is 16.4 Å². The van der Waals surface area contributed by atoms with Gasteiger partial charge in [0.25, 0.3) is 11.8 Å². The van der Waals surface area contributed by atoms with Crippen molar-refractivity contribution in [2.24, 2.45) is 0 Å². The van der Waals surface area contributed by atoms with Crippen LogP contribution in [0.1, 0.15) is 43.7 Å². The fourth-order valence-electron chi connectivity index (χ4n) is 4.83. The van der Waals surface area contributed by atoms with Gasteiger partial charge in [0.2, 0.25) is 0 Å². The normalized spacial score (nSPS) is 17.8. The van der Waals surface area contributed by atoms with Gasteiger partial charge in [-0.25, -0.2) is 14.6 Å². The van der Waals surface area contributed by atoms with Crippen molar-refractivity contribution in [3.63, 3.8) is 0 Å². The number of β-lactam (4-membered cyclic amide) rings is 1. The summed E-state index contributed by atoms with van der Waals surface area (Å²) >= 11 is 4.12. The molecule has 10 nitrogen and oxygen atoms in total. The summed E-state index contributed by atoms with van der Waals surface area (Å²) in [7, 11) is 0. The SMILES string of the molecule is CSC/C=C(\C(=O)NC1C(=O)N2C(C(=O)OC(c3ccccc3)c3ccccc3)=CCSC12)c1csc(NC(=O)OC(C)(C)C)n1. The van der Waals surface area contributed by atoms with Crippen molar-refractivity contribution in [3.8, 4) is 0 Å². The highest BCUT2D eigenvalue weighted by Gasteiger charge is 2.53. The lowest BCUT2D eigenvalue weighted by Crippen LogP contribution is -2.70. The zero-order valence-corrected chi connectivity index (χ0v) is 28.2. The Labute approximate surface area is 280 Å². The molecule has 3 aromatic rings. The van der Waals surface area contributed by atoms with Crippen LogP contribution in [-0.4, -0.2) is 68.5 Å². The lowest BCUT2D eigenvalue weighted by atomic mass is 10.0. The van der Waals surface area contributed by atoms with Crippen LogP contribution in [0.2, 0.25) is 0 Å². The fourth-order valence-corrected chi connectivity index (χ4v) is 7.05. The van der Waals surface area contributed by atoms with E-state index in [9.17, 15) is 19.2 Å². The van der Waals surface area contributed by atoms with Gasteiger partial charge in [0.1, 0.15) is 22.7 Å². The average molecular weight is 679 g/mol. The summed E-state index contributed by atoms with van der Waals surface area (Å²) < 4.78 is 11.3.